The van der Waals surface area contributed by atoms with Crippen LogP contribution in [0, 0.1) is 13.8 Å². The summed E-state index contributed by atoms with van der Waals surface area (Å²) >= 11 is 12.9. The minimum absolute atomic E-state index is 0.0520. The van der Waals surface area contributed by atoms with Crippen molar-refractivity contribution >= 4 is 50.7 Å². The Hall–Kier alpha value is -3.07. The number of carbonyl (C=O) groups excluding carboxylic acids is 2. The van der Waals surface area contributed by atoms with Crippen LogP contribution in [0.15, 0.2) is 71.6 Å². The van der Waals surface area contributed by atoms with Crippen LogP contribution in [0.3, 0.4) is 0 Å². The maximum Gasteiger partial charge on any atom is 0.264 e. The standard InChI is InChI=1S/C31H35Cl2N3O4S/c1-21-15-17-25(18-16-21)41(39,40)36(29-14-7-4-9-22(29)2)20-30(37)35(19-26-27(32)12-8-13-28(26)33)23(3)31(38)34-24-10-5-6-11-24/h4,7-9,12-18,23-24H,5-6,10-11,19-20H2,1-3H3,(H,34,38)/t23-/m0/s1. The summed E-state index contributed by atoms with van der Waals surface area (Å²) in [5.41, 5.74) is 2.45. The Labute approximate surface area is 252 Å². The van der Waals surface area contributed by atoms with E-state index in [4.69, 9.17) is 23.2 Å². The molecule has 0 aliphatic heterocycles. The Balaban J connectivity index is 1.73. The van der Waals surface area contributed by atoms with Crippen LogP contribution in [-0.2, 0) is 26.2 Å². The zero-order valence-electron chi connectivity index (χ0n) is 23.4. The summed E-state index contributed by atoms with van der Waals surface area (Å²) in [6.07, 6.45) is 3.86. The molecule has 0 saturated heterocycles. The Morgan fingerprint density at radius 1 is 0.927 bits per heavy atom. The van der Waals surface area contributed by atoms with Crippen molar-refractivity contribution in [1.82, 2.24) is 10.2 Å². The smallest absolute Gasteiger partial charge is 0.264 e. The van der Waals surface area contributed by atoms with E-state index in [0.29, 0.717) is 26.9 Å². The van der Waals surface area contributed by atoms with Crippen LogP contribution in [0.25, 0.3) is 0 Å². The average Bonchev–Trinajstić information content (AvgIpc) is 3.45. The zero-order valence-corrected chi connectivity index (χ0v) is 25.8. The van der Waals surface area contributed by atoms with Gasteiger partial charge in [-0.15, -0.1) is 0 Å². The fraction of sp³-hybridized carbons (Fsp3) is 0.355. The molecule has 1 N–H and O–H groups in total. The van der Waals surface area contributed by atoms with Crippen molar-refractivity contribution in [3.63, 3.8) is 0 Å². The minimum Gasteiger partial charge on any atom is -0.352 e. The molecule has 0 unspecified atom stereocenters. The number of rotatable bonds is 10. The van der Waals surface area contributed by atoms with Gasteiger partial charge in [-0.05, 0) is 69.5 Å². The lowest BCUT2D eigenvalue weighted by molar-refractivity contribution is -0.139. The number of carbonyl (C=O) groups is 2. The highest BCUT2D eigenvalue weighted by Gasteiger charge is 2.34. The number of para-hydroxylation sites is 1. The molecule has 10 heteroatoms. The van der Waals surface area contributed by atoms with Crippen molar-refractivity contribution in [2.75, 3.05) is 10.8 Å². The van der Waals surface area contributed by atoms with Gasteiger partial charge < -0.3 is 10.2 Å². The monoisotopic (exact) mass is 615 g/mol. The average molecular weight is 617 g/mol. The highest BCUT2D eigenvalue weighted by molar-refractivity contribution is 7.92. The molecule has 1 saturated carbocycles. The van der Waals surface area contributed by atoms with Gasteiger partial charge in [-0.1, -0.05) is 78.0 Å². The van der Waals surface area contributed by atoms with Crippen molar-refractivity contribution in [2.24, 2.45) is 0 Å². The summed E-state index contributed by atoms with van der Waals surface area (Å²) in [6, 6.07) is 17.6. The van der Waals surface area contributed by atoms with E-state index in [9.17, 15) is 18.0 Å². The fourth-order valence-corrected chi connectivity index (χ4v) is 7.02. The van der Waals surface area contributed by atoms with E-state index < -0.39 is 28.5 Å². The first-order valence-electron chi connectivity index (χ1n) is 13.7. The van der Waals surface area contributed by atoms with E-state index in [1.807, 2.05) is 6.92 Å². The number of hydrogen-bond acceptors (Lipinski definition) is 4. The van der Waals surface area contributed by atoms with Gasteiger partial charge in [0.25, 0.3) is 10.0 Å². The van der Waals surface area contributed by atoms with Crippen molar-refractivity contribution in [3.8, 4) is 0 Å². The van der Waals surface area contributed by atoms with Gasteiger partial charge in [0.2, 0.25) is 11.8 Å². The Morgan fingerprint density at radius 3 is 2.15 bits per heavy atom. The lowest BCUT2D eigenvalue weighted by Gasteiger charge is -2.33. The number of halogens is 2. The van der Waals surface area contributed by atoms with E-state index in [1.54, 1.807) is 68.4 Å². The second-order valence-corrected chi connectivity index (χ2v) is 13.2. The highest BCUT2D eigenvalue weighted by Crippen LogP contribution is 2.30. The molecule has 3 aromatic rings. The molecule has 1 aliphatic carbocycles. The number of anilines is 1. The number of nitrogens with zero attached hydrogens (tertiary/aromatic N) is 2. The van der Waals surface area contributed by atoms with E-state index >= 15 is 0 Å². The molecular weight excluding hydrogens is 581 g/mol. The van der Waals surface area contributed by atoms with E-state index in [2.05, 4.69) is 5.32 Å². The molecule has 7 nitrogen and oxygen atoms in total. The van der Waals surface area contributed by atoms with Crippen molar-refractivity contribution in [3.05, 3.63) is 93.5 Å². The summed E-state index contributed by atoms with van der Waals surface area (Å²) in [5, 5.41) is 3.75. The topological polar surface area (TPSA) is 86.8 Å². The Kier molecular flexibility index (Phi) is 10.00. The molecule has 0 spiro atoms. The first kappa shape index (κ1) is 30.9. The molecular formula is C31H35Cl2N3O4S. The summed E-state index contributed by atoms with van der Waals surface area (Å²) in [5.74, 6) is -0.869. The summed E-state index contributed by atoms with van der Waals surface area (Å²) in [7, 11) is -4.14. The van der Waals surface area contributed by atoms with Crippen molar-refractivity contribution in [1.29, 1.82) is 0 Å². The van der Waals surface area contributed by atoms with E-state index in [0.717, 1.165) is 35.6 Å². The third-order valence-corrected chi connectivity index (χ3v) is 10.0. The summed E-state index contributed by atoms with van der Waals surface area (Å²) in [6.45, 7) is 4.71. The van der Waals surface area contributed by atoms with Gasteiger partial charge in [-0.2, -0.15) is 0 Å². The molecule has 2 amide bonds. The molecule has 218 valence electrons. The van der Waals surface area contributed by atoms with Crippen LogP contribution in [-0.4, -0.2) is 43.8 Å². The number of amides is 2. The van der Waals surface area contributed by atoms with E-state index in [1.165, 1.54) is 17.0 Å². The largest absolute Gasteiger partial charge is 0.352 e. The maximum absolute atomic E-state index is 14.1. The van der Waals surface area contributed by atoms with Gasteiger partial charge in [0, 0.05) is 28.2 Å². The third kappa shape index (κ3) is 7.23. The normalized spacial score (nSPS) is 14.5. The van der Waals surface area contributed by atoms with Gasteiger partial charge in [0.15, 0.2) is 0 Å². The molecule has 3 aromatic carbocycles. The Bertz CT molecular complexity index is 1490. The van der Waals surface area contributed by atoms with Crippen LogP contribution < -0.4 is 9.62 Å². The van der Waals surface area contributed by atoms with E-state index in [-0.39, 0.29) is 23.4 Å². The number of aryl methyl sites for hydroxylation is 2. The van der Waals surface area contributed by atoms with Gasteiger partial charge in [-0.3, -0.25) is 13.9 Å². The summed E-state index contributed by atoms with van der Waals surface area (Å²) in [4.78, 5) is 28.9. The zero-order chi connectivity index (χ0) is 29.7. The van der Waals surface area contributed by atoms with Crippen molar-refractivity contribution in [2.45, 2.75) is 70.0 Å². The van der Waals surface area contributed by atoms with Gasteiger partial charge in [-0.25, -0.2) is 8.42 Å². The third-order valence-electron chi connectivity index (χ3n) is 7.53. The lowest BCUT2D eigenvalue weighted by Crippen LogP contribution is -2.52. The molecule has 0 radical (unpaired) electrons. The predicted octanol–water partition coefficient (Wildman–Crippen LogP) is 6.28. The highest BCUT2D eigenvalue weighted by atomic mass is 35.5. The van der Waals surface area contributed by atoms with Crippen LogP contribution in [0.1, 0.15) is 49.3 Å². The fourth-order valence-electron chi connectivity index (χ4n) is 5.02. The molecule has 1 aliphatic rings. The quantitative estimate of drug-likeness (QED) is 0.291. The van der Waals surface area contributed by atoms with Gasteiger partial charge in [0.1, 0.15) is 12.6 Å². The first-order valence-corrected chi connectivity index (χ1v) is 15.9. The molecule has 0 heterocycles. The van der Waals surface area contributed by atoms with Crippen molar-refractivity contribution < 1.29 is 18.0 Å². The molecule has 4 rings (SSSR count). The second kappa shape index (κ2) is 13.3. The molecule has 1 fully saturated rings. The van der Waals surface area contributed by atoms with Gasteiger partial charge in [0.05, 0.1) is 10.6 Å². The minimum atomic E-state index is -4.14. The SMILES string of the molecule is Cc1ccc(S(=O)(=O)N(CC(=O)N(Cc2c(Cl)cccc2Cl)[C@@H](C)C(=O)NC2CCCC2)c2ccccc2C)cc1. The van der Waals surface area contributed by atoms with Crippen LogP contribution in [0.4, 0.5) is 5.69 Å². The number of nitrogens with one attached hydrogen (secondary N) is 1. The number of sulfonamides is 1. The van der Waals surface area contributed by atoms with Crippen LogP contribution in [0.2, 0.25) is 10.0 Å². The maximum atomic E-state index is 14.1. The van der Waals surface area contributed by atoms with Gasteiger partial charge >= 0.3 is 0 Å². The summed E-state index contributed by atoms with van der Waals surface area (Å²) < 4.78 is 29.1. The van der Waals surface area contributed by atoms with Crippen LogP contribution in [0.5, 0.6) is 0 Å². The second-order valence-electron chi connectivity index (χ2n) is 10.5. The number of hydrogen-bond donors (Lipinski definition) is 1. The molecule has 41 heavy (non-hydrogen) atoms. The molecule has 0 aromatic heterocycles. The predicted molar refractivity (Wildman–Crippen MR) is 164 cm³/mol. The number of benzene rings is 3. The molecule has 1 atom stereocenters. The van der Waals surface area contributed by atoms with Crippen LogP contribution >= 0.6 is 23.2 Å². The Morgan fingerprint density at radius 2 is 1.54 bits per heavy atom. The first-order chi connectivity index (χ1) is 19.5. The molecule has 0 bridgehead atoms. The lowest BCUT2D eigenvalue weighted by atomic mass is 10.1.